The van der Waals surface area contributed by atoms with Crippen molar-refractivity contribution in [1.29, 1.82) is 0 Å². The summed E-state index contributed by atoms with van der Waals surface area (Å²) in [7, 11) is 1.64. The molecule has 0 aliphatic heterocycles. The van der Waals surface area contributed by atoms with Crippen LogP contribution in [-0.4, -0.2) is 35.3 Å². The Morgan fingerprint density at radius 2 is 2.07 bits per heavy atom. The lowest BCUT2D eigenvalue weighted by atomic mass is 10.2. The number of methoxy groups -OCH3 is 1. The van der Waals surface area contributed by atoms with Crippen molar-refractivity contribution >= 4 is 27.3 Å². The zero-order chi connectivity index (χ0) is 19.2. The second kappa shape index (κ2) is 9.41. The molecule has 0 unspecified atom stereocenters. The lowest BCUT2D eigenvalue weighted by Gasteiger charge is -2.20. The van der Waals surface area contributed by atoms with E-state index in [1.165, 1.54) is 6.07 Å². The lowest BCUT2D eigenvalue weighted by molar-refractivity contribution is 0.181. The minimum atomic E-state index is -0.253. The van der Waals surface area contributed by atoms with Gasteiger partial charge in [0.25, 0.3) is 0 Å². The van der Waals surface area contributed by atoms with Crippen LogP contribution in [0.25, 0.3) is 10.6 Å². The lowest BCUT2D eigenvalue weighted by Crippen LogP contribution is -2.26. The third-order valence-electron chi connectivity index (χ3n) is 4.07. The number of hydrogen-bond acceptors (Lipinski definition) is 5. The standard InChI is InChI=1S/C20H20BrFN2O2S/c1-26-18-4-2-3-14(10-18)20-23-17(13-27-20)12-24(7-8-25)11-15-9-16(21)5-6-19(15)22/h2-6,9-10,13,25H,7-8,11-12H2,1H3. The van der Waals surface area contributed by atoms with Crippen LogP contribution in [0.15, 0.2) is 52.3 Å². The molecule has 7 heteroatoms. The molecule has 1 N–H and O–H groups in total. The predicted octanol–water partition coefficient (Wildman–Crippen LogP) is 4.71. The quantitative estimate of drug-likeness (QED) is 0.539. The third kappa shape index (κ3) is 5.35. The van der Waals surface area contributed by atoms with Crippen LogP contribution in [0, 0.1) is 5.82 Å². The van der Waals surface area contributed by atoms with Crippen LogP contribution in [0.3, 0.4) is 0 Å². The SMILES string of the molecule is COc1cccc(-c2nc(CN(CCO)Cc3cc(Br)ccc3F)cs2)c1. The number of rotatable bonds is 8. The molecule has 4 nitrogen and oxygen atoms in total. The van der Waals surface area contributed by atoms with Crippen LogP contribution in [-0.2, 0) is 13.1 Å². The van der Waals surface area contributed by atoms with E-state index in [0.717, 1.165) is 26.5 Å². The van der Waals surface area contributed by atoms with Gasteiger partial charge in [0.2, 0.25) is 0 Å². The Morgan fingerprint density at radius 3 is 2.85 bits per heavy atom. The minimum absolute atomic E-state index is 0.00248. The third-order valence-corrected chi connectivity index (χ3v) is 5.51. The van der Waals surface area contributed by atoms with Gasteiger partial charge in [-0.2, -0.15) is 0 Å². The first-order chi connectivity index (χ1) is 13.1. The molecule has 3 aromatic rings. The second-order valence-corrected chi connectivity index (χ2v) is 7.82. The van der Waals surface area contributed by atoms with E-state index in [1.807, 2.05) is 34.5 Å². The summed E-state index contributed by atoms with van der Waals surface area (Å²) in [5.41, 5.74) is 2.47. The number of benzene rings is 2. The Balaban J connectivity index is 1.75. The summed E-state index contributed by atoms with van der Waals surface area (Å²) in [5.74, 6) is 0.535. The Labute approximate surface area is 170 Å². The van der Waals surface area contributed by atoms with Crippen molar-refractivity contribution in [2.24, 2.45) is 0 Å². The van der Waals surface area contributed by atoms with Crippen molar-refractivity contribution < 1.29 is 14.2 Å². The smallest absolute Gasteiger partial charge is 0.127 e. The number of thiazole rings is 1. The molecule has 0 spiro atoms. The molecule has 0 aliphatic carbocycles. The Bertz CT molecular complexity index is 903. The van der Waals surface area contributed by atoms with Gasteiger partial charge in [-0.1, -0.05) is 28.1 Å². The molecule has 142 valence electrons. The molecular formula is C20H20BrFN2O2S. The maximum Gasteiger partial charge on any atom is 0.127 e. The Kier molecular flexibility index (Phi) is 6.95. The fraction of sp³-hybridized carbons (Fsp3) is 0.250. The van der Waals surface area contributed by atoms with E-state index in [4.69, 9.17) is 9.72 Å². The van der Waals surface area contributed by atoms with Gasteiger partial charge in [-0.05, 0) is 30.3 Å². The van der Waals surface area contributed by atoms with Crippen molar-refractivity contribution in [2.75, 3.05) is 20.3 Å². The molecule has 0 aliphatic rings. The van der Waals surface area contributed by atoms with E-state index in [9.17, 15) is 9.50 Å². The largest absolute Gasteiger partial charge is 0.497 e. The van der Waals surface area contributed by atoms with Gasteiger partial charge in [-0.25, -0.2) is 9.37 Å². The van der Waals surface area contributed by atoms with Crippen LogP contribution >= 0.6 is 27.3 Å². The van der Waals surface area contributed by atoms with Crippen LogP contribution in [0.1, 0.15) is 11.3 Å². The highest BCUT2D eigenvalue weighted by atomic mass is 79.9. The van der Waals surface area contributed by atoms with E-state index in [1.54, 1.807) is 30.6 Å². The molecule has 0 saturated carbocycles. The zero-order valence-corrected chi connectivity index (χ0v) is 17.3. The maximum absolute atomic E-state index is 14.1. The molecule has 0 saturated heterocycles. The fourth-order valence-corrected chi connectivity index (χ4v) is 3.97. The molecule has 0 fully saturated rings. The van der Waals surface area contributed by atoms with Gasteiger partial charge in [0, 0.05) is 40.6 Å². The summed E-state index contributed by atoms with van der Waals surface area (Å²) < 4.78 is 20.2. The van der Waals surface area contributed by atoms with Crippen LogP contribution < -0.4 is 4.74 Å². The van der Waals surface area contributed by atoms with E-state index in [2.05, 4.69) is 15.9 Å². The molecule has 0 atom stereocenters. The monoisotopic (exact) mass is 450 g/mol. The molecule has 2 aromatic carbocycles. The maximum atomic E-state index is 14.1. The van der Waals surface area contributed by atoms with E-state index < -0.39 is 0 Å². The van der Waals surface area contributed by atoms with E-state index in [-0.39, 0.29) is 12.4 Å². The molecule has 1 aromatic heterocycles. The summed E-state index contributed by atoms with van der Waals surface area (Å²) in [6.45, 7) is 1.38. The summed E-state index contributed by atoms with van der Waals surface area (Å²) in [5, 5.41) is 12.3. The molecular weight excluding hydrogens is 431 g/mol. The van der Waals surface area contributed by atoms with Gasteiger partial charge in [0.05, 0.1) is 19.4 Å². The van der Waals surface area contributed by atoms with Gasteiger partial charge in [-0.15, -0.1) is 11.3 Å². The minimum Gasteiger partial charge on any atom is -0.497 e. The van der Waals surface area contributed by atoms with Crippen molar-refractivity contribution in [3.05, 3.63) is 69.4 Å². The Morgan fingerprint density at radius 1 is 1.22 bits per heavy atom. The number of hydrogen-bond donors (Lipinski definition) is 1. The van der Waals surface area contributed by atoms with Gasteiger partial charge in [-0.3, -0.25) is 4.90 Å². The second-order valence-electron chi connectivity index (χ2n) is 6.05. The van der Waals surface area contributed by atoms with Gasteiger partial charge < -0.3 is 9.84 Å². The predicted molar refractivity (Wildman–Crippen MR) is 109 cm³/mol. The highest BCUT2D eigenvalue weighted by molar-refractivity contribution is 9.10. The number of aliphatic hydroxyl groups is 1. The van der Waals surface area contributed by atoms with Gasteiger partial charge >= 0.3 is 0 Å². The molecule has 1 heterocycles. The van der Waals surface area contributed by atoms with Crippen molar-refractivity contribution in [2.45, 2.75) is 13.1 Å². The van der Waals surface area contributed by atoms with Gasteiger partial charge in [0.15, 0.2) is 0 Å². The van der Waals surface area contributed by atoms with Crippen molar-refractivity contribution in [3.8, 4) is 16.3 Å². The number of aliphatic hydroxyl groups excluding tert-OH is 1. The number of ether oxygens (including phenoxy) is 1. The summed E-state index contributed by atoms with van der Waals surface area (Å²) in [6, 6.07) is 12.7. The van der Waals surface area contributed by atoms with E-state index >= 15 is 0 Å². The van der Waals surface area contributed by atoms with Crippen molar-refractivity contribution in [3.63, 3.8) is 0 Å². The summed E-state index contributed by atoms with van der Waals surface area (Å²) in [4.78, 5) is 6.68. The fourth-order valence-electron chi connectivity index (χ4n) is 2.76. The molecule has 3 rings (SSSR count). The van der Waals surface area contributed by atoms with Crippen LogP contribution in [0.2, 0.25) is 0 Å². The van der Waals surface area contributed by atoms with Crippen molar-refractivity contribution in [1.82, 2.24) is 9.88 Å². The highest BCUT2D eigenvalue weighted by Crippen LogP contribution is 2.27. The first kappa shape index (κ1) is 19.9. The van der Waals surface area contributed by atoms with Crippen LogP contribution in [0.5, 0.6) is 5.75 Å². The average molecular weight is 451 g/mol. The molecule has 0 bridgehead atoms. The van der Waals surface area contributed by atoms with Crippen LogP contribution in [0.4, 0.5) is 4.39 Å². The number of halogens is 2. The first-order valence-electron chi connectivity index (χ1n) is 8.45. The average Bonchev–Trinajstić information content (AvgIpc) is 3.13. The Hall–Kier alpha value is -1.80. The first-order valence-corrected chi connectivity index (χ1v) is 10.1. The van der Waals surface area contributed by atoms with Gasteiger partial charge in [0.1, 0.15) is 16.6 Å². The summed E-state index contributed by atoms with van der Waals surface area (Å²) in [6.07, 6.45) is 0. The molecule has 0 amide bonds. The highest BCUT2D eigenvalue weighted by Gasteiger charge is 2.13. The summed E-state index contributed by atoms with van der Waals surface area (Å²) >= 11 is 4.93. The van der Waals surface area contributed by atoms with E-state index in [0.29, 0.717) is 25.2 Å². The number of nitrogens with zero attached hydrogens (tertiary/aromatic N) is 2. The zero-order valence-electron chi connectivity index (χ0n) is 14.9. The topological polar surface area (TPSA) is 45.6 Å². The molecule has 0 radical (unpaired) electrons. The number of aromatic nitrogens is 1. The molecule has 27 heavy (non-hydrogen) atoms. The normalized spacial score (nSPS) is 11.1.